The molecule has 2 aromatic heterocycles. The van der Waals surface area contributed by atoms with Gasteiger partial charge in [0.1, 0.15) is 17.7 Å². The third kappa shape index (κ3) is 3.27. The lowest BCUT2D eigenvalue weighted by molar-refractivity contribution is 0.00326. The largest absolute Gasteiger partial charge is 0.497 e. The molecule has 0 spiro atoms. The van der Waals surface area contributed by atoms with Crippen LogP contribution in [0.2, 0.25) is 0 Å². The van der Waals surface area contributed by atoms with Crippen molar-refractivity contribution in [1.82, 2.24) is 19.7 Å². The molecular weight excluding hydrogens is 375 g/mol. The van der Waals surface area contributed by atoms with Crippen molar-refractivity contribution in [3.63, 3.8) is 0 Å². The van der Waals surface area contributed by atoms with Crippen molar-refractivity contribution >= 4 is 0 Å². The van der Waals surface area contributed by atoms with Crippen LogP contribution in [0, 0.1) is 5.82 Å². The number of halogens is 1. The van der Waals surface area contributed by atoms with Gasteiger partial charge in [0, 0.05) is 5.56 Å². The van der Waals surface area contributed by atoms with Gasteiger partial charge in [0.15, 0.2) is 5.69 Å². The Morgan fingerprint density at radius 1 is 1.10 bits per heavy atom. The maximum Gasteiger partial charge on any atom is 0.278 e. The van der Waals surface area contributed by atoms with E-state index in [2.05, 4.69) is 15.1 Å². The first-order valence-electron chi connectivity index (χ1n) is 9.11. The highest BCUT2D eigenvalue weighted by Gasteiger charge is 2.26. The molecule has 0 radical (unpaired) electrons. The van der Waals surface area contributed by atoms with Gasteiger partial charge in [0.05, 0.1) is 32.3 Å². The lowest BCUT2D eigenvalue weighted by Gasteiger charge is -2.25. The molecule has 0 saturated heterocycles. The molecule has 0 saturated carbocycles. The monoisotopic (exact) mass is 392 g/mol. The number of nitrogens with zero attached hydrogens (tertiary/aromatic N) is 4. The highest BCUT2D eigenvalue weighted by Crippen LogP contribution is 2.32. The molecule has 0 fully saturated rings. The molecule has 1 aliphatic rings. The smallest absolute Gasteiger partial charge is 0.278 e. The van der Waals surface area contributed by atoms with Crippen molar-refractivity contribution in [1.29, 1.82) is 0 Å². The van der Waals surface area contributed by atoms with Crippen molar-refractivity contribution in [2.75, 3.05) is 7.11 Å². The number of ether oxygens (including phenoxy) is 2. The molecule has 29 heavy (non-hydrogen) atoms. The van der Waals surface area contributed by atoms with Gasteiger partial charge in [0.2, 0.25) is 5.82 Å². The molecule has 0 aliphatic carbocycles. The Morgan fingerprint density at radius 2 is 1.90 bits per heavy atom. The van der Waals surface area contributed by atoms with E-state index in [1.165, 1.54) is 12.1 Å². The van der Waals surface area contributed by atoms with Gasteiger partial charge in [-0.1, -0.05) is 17.3 Å². The van der Waals surface area contributed by atoms with Crippen molar-refractivity contribution in [2.24, 2.45) is 0 Å². The second-order valence-electron chi connectivity index (χ2n) is 6.70. The molecule has 1 aliphatic heterocycles. The van der Waals surface area contributed by atoms with Gasteiger partial charge < -0.3 is 18.6 Å². The van der Waals surface area contributed by atoms with Gasteiger partial charge >= 0.3 is 0 Å². The van der Waals surface area contributed by atoms with E-state index in [0.717, 1.165) is 22.6 Å². The molecule has 2 aromatic carbocycles. The zero-order valence-corrected chi connectivity index (χ0v) is 15.6. The molecule has 5 rings (SSSR count). The lowest BCUT2D eigenvalue weighted by atomic mass is 10.1. The Hall–Kier alpha value is -3.52. The van der Waals surface area contributed by atoms with Crippen LogP contribution in [-0.2, 0) is 17.9 Å². The molecule has 3 heterocycles. The van der Waals surface area contributed by atoms with Gasteiger partial charge in [-0.25, -0.2) is 9.37 Å². The van der Waals surface area contributed by atoms with Crippen molar-refractivity contribution in [3.8, 4) is 28.7 Å². The Kier molecular flexibility index (Phi) is 4.33. The summed E-state index contributed by atoms with van der Waals surface area (Å²) in [5.74, 6) is 1.31. The molecule has 8 heteroatoms. The summed E-state index contributed by atoms with van der Waals surface area (Å²) in [4.78, 5) is 8.93. The van der Waals surface area contributed by atoms with E-state index in [-0.39, 0.29) is 11.9 Å². The van der Waals surface area contributed by atoms with Crippen LogP contribution in [0.4, 0.5) is 4.39 Å². The van der Waals surface area contributed by atoms with Crippen LogP contribution in [0.3, 0.4) is 0 Å². The van der Waals surface area contributed by atoms with Crippen LogP contribution in [0.15, 0.2) is 59.4 Å². The topological polar surface area (TPSA) is 75.2 Å². The predicted octanol–water partition coefficient (Wildman–Crippen LogP) is 4.02. The number of methoxy groups -OCH3 is 1. The second-order valence-corrected chi connectivity index (χ2v) is 6.70. The van der Waals surface area contributed by atoms with Crippen molar-refractivity contribution in [3.05, 3.63) is 71.9 Å². The summed E-state index contributed by atoms with van der Waals surface area (Å²) < 4.78 is 31.8. The maximum atomic E-state index is 13.2. The summed E-state index contributed by atoms with van der Waals surface area (Å²) in [7, 11) is 1.62. The molecule has 7 nitrogen and oxygen atoms in total. The number of hydrogen-bond acceptors (Lipinski definition) is 6. The molecule has 146 valence electrons. The zero-order valence-electron chi connectivity index (χ0n) is 15.6. The first kappa shape index (κ1) is 17.6. The number of rotatable bonds is 4. The summed E-state index contributed by atoms with van der Waals surface area (Å²) in [6.07, 6.45) is 1.57. The highest BCUT2D eigenvalue weighted by atomic mass is 19.1. The summed E-state index contributed by atoms with van der Waals surface area (Å²) in [6.45, 7) is 0.922. The second kappa shape index (κ2) is 7.14. The normalized spacial score (nSPS) is 15.9. The van der Waals surface area contributed by atoms with E-state index in [9.17, 15) is 4.39 Å². The lowest BCUT2D eigenvalue weighted by Crippen LogP contribution is -2.20. The molecule has 0 unspecified atom stereocenters. The number of benzene rings is 2. The first-order chi connectivity index (χ1) is 14.2. The van der Waals surface area contributed by atoms with Crippen LogP contribution in [0.1, 0.15) is 17.4 Å². The third-order valence-corrected chi connectivity index (χ3v) is 4.95. The minimum atomic E-state index is -0.265. The minimum Gasteiger partial charge on any atom is -0.497 e. The van der Waals surface area contributed by atoms with Crippen molar-refractivity contribution in [2.45, 2.75) is 19.3 Å². The van der Waals surface area contributed by atoms with Gasteiger partial charge in [0.25, 0.3) is 5.89 Å². The first-order valence-corrected chi connectivity index (χ1v) is 9.11. The number of imidazole rings is 1. The van der Waals surface area contributed by atoms with E-state index < -0.39 is 0 Å². The zero-order chi connectivity index (χ0) is 19.8. The van der Waals surface area contributed by atoms with Gasteiger partial charge in [-0.2, -0.15) is 4.98 Å². The van der Waals surface area contributed by atoms with Gasteiger partial charge in [-0.15, -0.1) is 0 Å². The molecular formula is C21H17FN4O3. The molecule has 0 amide bonds. The number of aromatic nitrogens is 4. The highest BCUT2D eigenvalue weighted by molar-refractivity contribution is 5.59. The van der Waals surface area contributed by atoms with E-state index >= 15 is 0 Å². The Balaban J connectivity index is 1.39. The summed E-state index contributed by atoms with van der Waals surface area (Å²) in [6, 6.07) is 13.8. The summed E-state index contributed by atoms with van der Waals surface area (Å²) in [5.41, 5.74) is 3.22. The van der Waals surface area contributed by atoms with Crippen LogP contribution in [0.25, 0.3) is 23.0 Å². The van der Waals surface area contributed by atoms with Crippen LogP contribution < -0.4 is 4.74 Å². The molecule has 0 bridgehead atoms. The Labute approximate surface area is 165 Å². The van der Waals surface area contributed by atoms with E-state index in [4.69, 9.17) is 14.0 Å². The predicted molar refractivity (Wildman–Crippen MR) is 101 cm³/mol. The molecule has 4 aromatic rings. The Bertz CT molecular complexity index is 1140. The SMILES string of the molecule is COc1ccc(-c2noc(-c3ncn4c3CO[C@@H](c3ccc(F)cc3)C4)n2)cc1. The number of hydrogen-bond donors (Lipinski definition) is 0. The fourth-order valence-corrected chi connectivity index (χ4v) is 3.36. The van der Waals surface area contributed by atoms with Gasteiger partial charge in [-0.3, -0.25) is 0 Å². The summed E-state index contributed by atoms with van der Waals surface area (Å²) in [5, 5.41) is 4.07. The van der Waals surface area contributed by atoms with E-state index in [0.29, 0.717) is 30.6 Å². The van der Waals surface area contributed by atoms with Gasteiger partial charge in [-0.05, 0) is 42.0 Å². The van der Waals surface area contributed by atoms with Crippen LogP contribution in [-0.4, -0.2) is 26.8 Å². The fraction of sp³-hybridized carbons (Fsp3) is 0.190. The third-order valence-electron chi connectivity index (χ3n) is 4.95. The Morgan fingerprint density at radius 3 is 2.66 bits per heavy atom. The summed E-state index contributed by atoms with van der Waals surface area (Å²) >= 11 is 0. The van der Waals surface area contributed by atoms with Crippen LogP contribution >= 0.6 is 0 Å². The van der Waals surface area contributed by atoms with E-state index in [1.807, 2.05) is 28.8 Å². The molecule has 1 atom stereocenters. The fourth-order valence-electron chi connectivity index (χ4n) is 3.36. The molecule has 0 N–H and O–H groups in total. The quantitative estimate of drug-likeness (QED) is 0.522. The standard InChI is InChI=1S/C21H17FN4O3/c1-27-16-8-4-14(5-9-16)20-24-21(29-25-20)19-17-11-28-18(10-26(17)12-23-19)13-2-6-15(22)7-3-13/h2-9,12,18H,10-11H2,1H3/t18-/m1/s1. The average molecular weight is 392 g/mol. The van der Waals surface area contributed by atoms with Crippen LogP contribution in [0.5, 0.6) is 5.75 Å². The minimum absolute atomic E-state index is 0.164. The average Bonchev–Trinajstić information content (AvgIpc) is 3.41. The van der Waals surface area contributed by atoms with E-state index in [1.54, 1.807) is 25.6 Å². The number of fused-ring (bicyclic) bond motifs is 1. The maximum absolute atomic E-state index is 13.2. The van der Waals surface area contributed by atoms with Crippen molar-refractivity contribution < 1.29 is 18.4 Å².